The van der Waals surface area contributed by atoms with Crippen LogP contribution in [0, 0.1) is 45.9 Å². The van der Waals surface area contributed by atoms with Crippen molar-refractivity contribution in [2.24, 2.45) is 0 Å². The van der Waals surface area contributed by atoms with E-state index < -0.39 is 34.4 Å². The number of carbonyl (C=O) groups is 2. The maximum absolute atomic E-state index is 12.7. The predicted octanol–water partition coefficient (Wildman–Crippen LogP) is 10.4. The van der Waals surface area contributed by atoms with Crippen LogP contribution in [-0.4, -0.2) is 11.6 Å². The van der Waals surface area contributed by atoms with Gasteiger partial charge in [-0.25, -0.2) is 17.6 Å². The highest BCUT2D eigenvalue weighted by molar-refractivity contribution is 6.19. The third-order valence-electron chi connectivity index (χ3n) is 7.73. The Labute approximate surface area is 272 Å². The van der Waals surface area contributed by atoms with Gasteiger partial charge in [-0.1, -0.05) is 97.1 Å². The number of rotatable bonds is 2. The highest BCUT2D eigenvalue weighted by Gasteiger charge is 2.25. The van der Waals surface area contributed by atoms with Crippen molar-refractivity contribution in [3.8, 4) is 12.1 Å². The van der Waals surface area contributed by atoms with Crippen LogP contribution in [0.2, 0.25) is 0 Å². The smallest absolute Gasteiger partial charge is 0.181 e. The number of hydrogen-bond donors (Lipinski definition) is 0. The molecule has 0 spiro atoms. The number of nitriles is 2. The van der Waals surface area contributed by atoms with Crippen LogP contribution in [0.1, 0.15) is 45.7 Å². The van der Waals surface area contributed by atoms with Crippen molar-refractivity contribution in [3.05, 3.63) is 155 Å². The topological polar surface area (TPSA) is 81.7 Å². The maximum atomic E-state index is 12.7. The largest absolute Gasteiger partial charge is 0.294 e. The molecule has 0 aromatic heterocycles. The van der Waals surface area contributed by atoms with E-state index in [9.17, 15) is 27.2 Å². The van der Waals surface area contributed by atoms with Gasteiger partial charge in [0.2, 0.25) is 0 Å². The number of hydrogen-bond acceptors (Lipinski definition) is 4. The lowest BCUT2D eigenvalue weighted by atomic mass is 9.95. The van der Waals surface area contributed by atoms with Gasteiger partial charge in [0, 0.05) is 11.1 Å². The standard InChI is InChI=1S/2C16H12O.C8F4N2/c2*1-11(17)16-14-8-4-2-6-12(14)10-13-7-3-5-9-15(13)16;9-5-3(1-13)6(10)8(12)4(2-14)7(5)11/h2*2-10H,1H3;. The second-order valence-electron chi connectivity index (χ2n) is 10.7. The van der Waals surface area contributed by atoms with Crippen LogP contribution >= 0.6 is 0 Å². The van der Waals surface area contributed by atoms with Crippen LogP contribution in [-0.2, 0) is 0 Å². The Morgan fingerprint density at radius 2 is 0.688 bits per heavy atom. The lowest BCUT2D eigenvalue weighted by Gasteiger charge is -2.08. The Kier molecular flexibility index (Phi) is 9.59. The van der Waals surface area contributed by atoms with Gasteiger partial charge in [-0.3, -0.25) is 9.59 Å². The number of Topliss-reactive ketones (excluding diaryl/α,β-unsaturated/α-hetero) is 2. The first-order valence-electron chi connectivity index (χ1n) is 14.6. The summed E-state index contributed by atoms with van der Waals surface area (Å²) in [6, 6.07) is 38.3. The molecule has 0 radical (unpaired) electrons. The van der Waals surface area contributed by atoms with Crippen molar-refractivity contribution in [1.82, 2.24) is 0 Å². The first-order valence-corrected chi connectivity index (χ1v) is 14.6. The molecule has 0 aliphatic heterocycles. The average molecular weight is 641 g/mol. The molecule has 7 aromatic rings. The highest BCUT2D eigenvalue weighted by atomic mass is 19.2. The van der Waals surface area contributed by atoms with Crippen LogP contribution in [0.3, 0.4) is 0 Å². The molecule has 0 fully saturated rings. The number of carbonyl (C=O) groups excluding carboxylic acids is 2. The summed E-state index contributed by atoms with van der Waals surface area (Å²) >= 11 is 0. The molecule has 7 rings (SSSR count). The van der Waals surface area contributed by atoms with Crippen LogP contribution in [0.4, 0.5) is 17.6 Å². The quantitative estimate of drug-likeness (QED) is 0.0815. The molecule has 0 saturated heterocycles. The number of nitrogens with zero attached hydrogens (tertiary/aromatic N) is 2. The van der Waals surface area contributed by atoms with Crippen molar-refractivity contribution in [2.75, 3.05) is 0 Å². The molecular weight excluding hydrogens is 616 g/mol. The van der Waals surface area contributed by atoms with Gasteiger partial charge >= 0.3 is 0 Å². The van der Waals surface area contributed by atoms with Crippen molar-refractivity contribution in [2.45, 2.75) is 13.8 Å². The summed E-state index contributed by atoms with van der Waals surface area (Å²) in [4.78, 5) is 23.7. The van der Waals surface area contributed by atoms with Crippen molar-refractivity contribution in [1.29, 1.82) is 10.5 Å². The summed E-state index contributed by atoms with van der Waals surface area (Å²) in [7, 11) is 0. The molecule has 0 N–H and O–H groups in total. The van der Waals surface area contributed by atoms with Gasteiger partial charge in [0.15, 0.2) is 34.8 Å². The van der Waals surface area contributed by atoms with Crippen LogP contribution in [0.5, 0.6) is 0 Å². The van der Waals surface area contributed by atoms with Crippen molar-refractivity contribution in [3.63, 3.8) is 0 Å². The molecule has 234 valence electrons. The number of fused-ring (bicyclic) bond motifs is 4. The Morgan fingerprint density at radius 1 is 0.458 bits per heavy atom. The monoisotopic (exact) mass is 640 g/mol. The molecule has 8 heteroatoms. The van der Waals surface area contributed by atoms with Crippen molar-refractivity contribution >= 4 is 54.7 Å². The first-order chi connectivity index (χ1) is 23.1. The molecule has 0 saturated carbocycles. The predicted molar refractivity (Wildman–Crippen MR) is 179 cm³/mol. The molecule has 0 aliphatic rings. The van der Waals surface area contributed by atoms with E-state index in [2.05, 4.69) is 12.1 Å². The summed E-state index contributed by atoms with van der Waals surface area (Å²) in [5.74, 6) is -7.19. The van der Waals surface area contributed by atoms with Gasteiger partial charge < -0.3 is 0 Å². The van der Waals surface area contributed by atoms with E-state index in [0.717, 1.165) is 66.4 Å². The minimum absolute atomic E-state index is 0.123. The SMILES string of the molecule is CC(=O)c1c2ccccc2cc2ccccc12.CC(=O)c1c2ccccc2cc2ccccc12.N#Cc1c(F)c(F)c(C#N)c(F)c1F. The maximum Gasteiger partial charge on any atom is 0.181 e. The second kappa shape index (κ2) is 13.9. The molecule has 0 atom stereocenters. The van der Waals surface area contributed by atoms with E-state index in [0.29, 0.717) is 0 Å². The van der Waals surface area contributed by atoms with E-state index in [1.807, 2.05) is 97.1 Å². The molecule has 0 aliphatic carbocycles. The summed E-state index contributed by atoms with van der Waals surface area (Å²) in [6.07, 6.45) is 0. The van der Waals surface area contributed by atoms with Crippen LogP contribution in [0.25, 0.3) is 43.1 Å². The fourth-order valence-electron chi connectivity index (χ4n) is 5.61. The van der Waals surface area contributed by atoms with E-state index in [4.69, 9.17) is 10.5 Å². The van der Waals surface area contributed by atoms with Gasteiger partial charge in [-0.05, 0) is 69.1 Å². The van der Waals surface area contributed by atoms with E-state index in [1.165, 1.54) is 0 Å². The Balaban J connectivity index is 0.000000142. The van der Waals surface area contributed by atoms with Gasteiger partial charge in [0.05, 0.1) is 0 Å². The highest BCUT2D eigenvalue weighted by Crippen LogP contribution is 2.30. The first kappa shape index (κ1) is 33.0. The molecule has 48 heavy (non-hydrogen) atoms. The minimum Gasteiger partial charge on any atom is -0.294 e. The van der Waals surface area contributed by atoms with Gasteiger partial charge in [0.25, 0.3) is 0 Å². The Bertz CT molecular complexity index is 2180. The summed E-state index contributed by atoms with van der Waals surface area (Å²) < 4.78 is 50.9. The second-order valence-corrected chi connectivity index (χ2v) is 10.7. The Morgan fingerprint density at radius 3 is 0.896 bits per heavy atom. The van der Waals surface area contributed by atoms with Gasteiger partial charge in [0.1, 0.15) is 23.3 Å². The molecule has 4 nitrogen and oxygen atoms in total. The zero-order valence-electron chi connectivity index (χ0n) is 25.6. The van der Waals surface area contributed by atoms with E-state index >= 15 is 0 Å². The van der Waals surface area contributed by atoms with Gasteiger partial charge in [-0.15, -0.1) is 0 Å². The van der Waals surface area contributed by atoms with Gasteiger partial charge in [-0.2, -0.15) is 10.5 Å². The minimum atomic E-state index is -1.86. The lowest BCUT2D eigenvalue weighted by molar-refractivity contribution is 0.101. The molecule has 0 bridgehead atoms. The zero-order chi connectivity index (χ0) is 34.5. The molecule has 7 aromatic carbocycles. The van der Waals surface area contributed by atoms with E-state index in [1.54, 1.807) is 13.8 Å². The third kappa shape index (κ3) is 6.20. The number of ketones is 2. The molecule has 0 heterocycles. The number of halogens is 4. The molecule has 0 amide bonds. The van der Waals surface area contributed by atoms with E-state index in [-0.39, 0.29) is 11.6 Å². The van der Waals surface area contributed by atoms with Crippen LogP contribution in [0.15, 0.2) is 109 Å². The fraction of sp³-hybridized carbons (Fsp3) is 0.0500. The molecular formula is C40H24F4N2O2. The third-order valence-corrected chi connectivity index (χ3v) is 7.73. The van der Waals surface area contributed by atoms with Crippen LogP contribution < -0.4 is 0 Å². The summed E-state index contributed by atoms with van der Waals surface area (Å²) in [5, 5.41) is 25.0. The zero-order valence-corrected chi connectivity index (χ0v) is 25.6. The Hall–Kier alpha value is -6.38. The summed E-state index contributed by atoms with van der Waals surface area (Å²) in [5.41, 5.74) is -1.09. The fourth-order valence-corrected chi connectivity index (χ4v) is 5.61. The summed E-state index contributed by atoms with van der Waals surface area (Å²) in [6.45, 7) is 3.27. The lowest BCUT2D eigenvalue weighted by Crippen LogP contribution is -2.04. The van der Waals surface area contributed by atoms with Crippen molar-refractivity contribution < 1.29 is 27.2 Å². The normalized spacial score (nSPS) is 10.4. The molecule has 0 unspecified atom stereocenters. The average Bonchev–Trinajstić information content (AvgIpc) is 3.09. The number of benzene rings is 7.